The summed E-state index contributed by atoms with van der Waals surface area (Å²) in [5, 5.41) is 0.840. The van der Waals surface area contributed by atoms with Gasteiger partial charge in [0.15, 0.2) is 0 Å². The van der Waals surface area contributed by atoms with Crippen LogP contribution >= 0.6 is 0 Å². The standard InChI is InChI=1S/C7H5N3O/c11-7-9-4-5-3-8-2-1-6(5)10-7/h1-4H,(H,9,10,11). The van der Waals surface area contributed by atoms with Crippen molar-refractivity contribution in [2.24, 2.45) is 0 Å². The van der Waals surface area contributed by atoms with Crippen molar-refractivity contribution in [3.05, 3.63) is 35.1 Å². The van der Waals surface area contributed by atoms with Crippen molar-refractivity contribution >= 4 is 10.9 Å². The van der Waals surface area contributed by atoms with Gasteiger partial charge >= 0.3 is 5.69 Å². The molecular formula is C7H5N3O. The van der Waals surface area contributed by atoms with Crippen molar-refractivity contribution in [2.45, 2.75) is 0 Å². The van der Waals surface area contributed by atoms with Crippen LogP contribution in [0.25, 0.3) is 10.9 Å². The Morgan fingerprint density at radius 3 is 3.18 bits per heavy atom. The van der Waals surface area contributed by atoms with Crippen molar-refractivity contribution in [3.8, 4) is 0 Å². The van der Waals surface area contributed by atoms with Crippen LogP contribution in [0, 0.1) is 0 Å². The molecule has 0 aliphatic rings. The predicted octanol–water partition coefficient (Wildman–Crippen LogP) is 0.318. The van der Waals surface area contributed by atoms with Crippen LogP contribution in [-0.2, 0) is 0 Å². The number of pyridine rings is 1. The Morgan fingerprint density at radius 1 is 1.36 bits per heavy atom. The number of hydrogen-bond donors (Lipinski definition) is 1. The third-order valence-electron chi connectivity index (χ3n) is 1.41. The highest BCUT2D eigenvalue weighted by Crippen LogP contribution is 2.02. The molecule has 54 valence electrons. The summed E-state index contributed by atoms with van der Waals surface area (Å²) >= 11 is 0. The summed E-state index contributed by atoms with van der Waals surface area (Å²) in [4.78, 5) is 20.7. The van der Waals surface area contributed by atoms with Gasteiger partial charge in [0.2, 0.25) is 0 Å². The molecule has 2 aromatic rings. The second-order valence-corrected chi connectivity index (χ2v) is 2.15. The molecule has 0 aromatic carbocycles. The Hall–Kier alpha value is -1.71. The van der Waals surface area contributed by atoms with Crippen LogP contribution in [0.1, 0.15) is 0 Å². The number of hydrogen-bond acceptors (Lipinski definition) is 3. The zero-order chi connectivity index (χ0) is 7.68. The van der Waals surface area contributed by atoms with E-state index in [2.05, 4.69) is 15.0 Å². The molecule has 0 unspecified atom stereocenters. The fourth-order valence-corrected chi connectivity index (χ4v) is 0.899. The molecule has 0 aliphatic carbocycles. The average Bonchev–Trinajstić information content (AvgIpc) is 2.04. The van der Waals surface area contributed by atoms with Crippen LogP contribution in [0.5, 0.6) is 0 Å². The van der Waals surface area contributed by atoms with E-state index >= 15 is 0 Å². The zero-order valence-corrected chi connectivity index (χ0v) is 5.61. The summed E-state index contributed by atoms with van der Waals surface area (Å²) in [6, 6.07) is 1.73. The number of aromatic nitrogens is 3. The zero-order valence-electron chi connectivity index (χ0n) is 5.61. The van der Waals surface area contributed by atoms with Crippen LogP contribution in [0.4, 0.5) is 0 Å². The SMILES string of the molecule is O=c1ncc2cnccc2[nH]1. The molecule has 2 aromatic heterocycles. The van der Waals surface area contributed by atoms with Crippen molar-refractivity contribution in [3.63, 3.8) is 0 Å². The van der Waals surface area contributed by atoms with E-state index in [-0.39, 0.29) is 5.69 Å². The van der Waals surface area contributed by atoms with Gasteiger partial charge in [0.05, 0.1) is 5.52 Å². The molecule has 2 heterocycles. The molecule has 4 nitrogen and oxygen atoms in total. The molecule has 0 bridgehead atoms. The number of H-pyrrole nitrogens is 1. The predicted molar refractivity (Wildman–Crippen MR) is 40.2 cm³/mol. The molecule has 2 rings (SSSR count). The lowest BCUT2D eigenvalue weighted by Gasteiger charge is -1.91. The van der Waals surface area contributed by atoms with Gasteiger partial charge in [-0.3, -0.25) is 4.98 Å². The molecule has 0 fully saturated rings. The number of nitrogens with one attached hydrogen (secondary N) is 1. The van der Waals surface area contributed by atoms with E-state index in [0.29, 0.717) is 0 Å². The van der Waals surface area contributed by atoms with Crippen LogP contribution in [0.2, 0.25) is 0 Å². The smallest absolute Gasteiger partial charge is 0.305 e. The van der Waals surface area contributed by atoms with E-state index in [1.165, 1.54) is 6.20 Å². The normalized spacial score (nSPS) is 10.2. The summed E-state index contributed by atoms with van der Waals surface area (Å²) in [5.74, 6) is 0. The maximum Gasteiger partial charge on any atom is 0.345 e. The minimum absolute atomic E-state index is 0.330. The number of rotatable bonds is 0. The van der Waals surface area contributed by atoms with E-state index in [9.17, 15) is 4.79 Å². The summed E-state index contributed by atoms with van der Waals surface area (Å²) in [6.45, 7) is 0. The van der Waals surface area contributed by atoms with Crippen molar-refractivity contribution in [2.75, 3.05) is 0 Å². The van der Waals surface area contributed by atoms with Gasteiger partial charge in [0, 0.05) is 24.0 Å². The minimum atomic E-state index is -0.330. The minimum Gasteiger partial charge on any atom is -0.305 e. The van der Waals surface area contributed by atoms with E-state index < -0.39 is 0 Å². The maximum atomic E-state index is 10.7. The number of aromatic amines is 1. The molecule has 0 spiro atoms. The Balaban J connectivity index is 2.94. The monoisotopic (exact) mass is 147 g/mol. The maximum absolute atomic E-state index is 10.7. The Morgan fingerprint density at radius 2 is 2.27 bits per heavy atom. The first-order valence-corrected chi connectivity index (χ1v) is 3.15. The fourth-order valence-electron chi connectivity index (χ4n) is 0.899. The lowest BCUT2D eigenvalue weighted by atomic mass is 10.3. The van der Waals surface area contributed by atoms with E-state index in [1.54, 1.807) is 18.5 Å². The third-order valence-corrected chi connectivity index (χ3v) is 1.41. The summed E-state index contributed by atoms with van der Waals surface area (Å²) in [7, 11) is 0. The van der Waals surface area contributed by atoms with Crippen LogP contribution in [0.3, 0.4) is 0 Å². The second-order valence-electron chi connectivity index (χ2n) is 2.15. The van der Waals surface area contributed by atoms with Gasteiger partial charge in [-0.05, 0) is 6.07 Å². The Labute approximate surface area is 61.9 Å². The lowest BCUT2D eigenvalue weighted by Crippen LogP contribution is -2.08. The summed E-state index contributed by atoms with van der Waals surface area (Å²) in [5.41, 5.74) is 0.434. The molecule has 0 radical (unpaired) electrons. The first kappa shape index (κ1) is 6.03. The van der Waals surface area contributed by atoms with Crippen molar-refractivity contribution in [1.82, 2.24) is 15.0 Å². The highest BCUT2D eigenvalue weighted by molar-refractivity contribution is 5.75. The molecule has 4 heteroatoms. The van der Waals surface area contributed by atoms with Gasteiger partial charge in [-0.15, -0.1) is 0 Å². The Kier molecular flexibility index (Phi) is 1.18. The molecule has 0 amide bonds. The molecule has 0 atom stereocenters. The van der Waals surface area contributed by atoms with Crippen LogP contribution in [0.15, 0.2) is 29.5 Å². The van der Waals surface area contributed by atoms with Gasteiger partial charge in [-0.25, -0.2) is 9.78 Å². The quantitative estimate of drug-likeness (QED) is 0.583. The van der Waals surface area contributed by atoms with E-state index in [1.807, 2.05) is 0 Å². The first-order chi connectivity index (χ1) is 5.36. The van der Waals surface area contributed by atoms with E-state index in [0.717, 1.165) is 10.9 Å². The highest BCUT2D eigenvalue weighted by atomic mass is 16.1. The van der Waals surface area contributed by atoms with Crippen molar-refractivity contribution < 1.29 is 0 Å². The van der Waals surface area contributed by atoms with Gasteiger partial charge in [0.25, 0.3) is 0 Å². The summed E-state index contributed by atoms with van der Waals surface area (Å²) in [6.07, 6.45) is 4.78. The molecule has 0 aliphatic heterocycles. The van der Waals surface area contributed by atoms with Crippen LogP contribution < -0.4 is 5.69 Å². The topological polar surface area (TPSA) is 58.6 Å². The average molecular weight is 147 g/mol. The second kappa shape index (κ2) is 2.16. The van der Waals surface area contributed by atoms with Crippen molar-refractivity contribution in [1.29, 1.82) is 0 Å². The molecule has 1 N–H and O–H groups in total. The molecule has 11 heavy (non-hydrogen) atoms. The van der Waals surface area contributed by atoms with E-state index in [4.69, 9.17) is 0 Å². The molecule has 0 saturated heterocycles. The number of fused-ring (bicyclic) bond motifs is 1. The van der Waals surface area contributed by atoms with Gasteiger partial charge < -0.3 is 4.98 Å². The van der Waals surface area contributed by atoms with Gasteiger partial charge in [0.1, 0.15) is 0 Å². The molecular weight excluding hydrogens is 142 g/mol. The lowest BCUT2D eigenvalue weighted by molar-refractivity contribution is 1.11. The van der Waals surface area contributed by atoms with Gasteiger partial charge in [-0.1, -0.05) is 0 Å². The molecule has 0 saturated carbocycles. The first-order valence-electron chi connectivity index (χ1n) is 3.15. The largest absolute Gasteiger partial charge is 0.345 e. The highest BCUT2D eigenvalue weighted by Gasteiger charge is 1.91. The van der Waals surface area contributed by atoms with Crippen LogP contribution in [-0.4, -0.2) is 15.0 Å². The number of nitrogens with zero attached hydrogens (tertiary/aromatic N) is 2. The fraction of sp³-hybridized carbons (Fsp3) is 0. The third kappa shape index (κ3) is 0.980. The van der Waals surface area contributed by atoms with Gasteiger partial charge in [-0.2, -0.15) is 0 Å². The Bertz CT molecular complexity index is 435. The summed E-state index contributed by atoms with van der Waals surface area (Å²) < 4.78 is 0.